The fraction of sp³-hybridized carbons (Fsp3) is 0.500. The van der Waals surface area contributed by atoms with E-state index in [9.17, 15) is 39.6 Å². The Balaban J connectivity index is -0.000000256. The second-order valence-electron chi connectivity index (χ2n) is 3.00. The number of carboxylic acids is 4. The van der Waals surface area contributed by atoms with Crippen LogP contribution in [0.25, 0.3) is 0 Å². The molecule has 19 heavy (non-hydrogen) atoms. The van der Waals surface area contributed by atoms with E-state index in [1.165, 1.54) is 0 Å². The Labute approximate surface area is 117 Å². The molecule has 4 N–H and O–H groups in total. The molecule has 11 heteroatoms. The third kappa shape index (κ3) is 16.3. The van der Waals surface area contributed by atoms with Crippen molar-refractivity contribution in [1.82, 2.24) is 0 Å². The van der Waals surface area contributed by atoms with Gasteiger partial charge in [0.15, 0.2) is 0 Å². The van der Waals surface area contributed by atoms with Crippen molar-refractivity contribution in [2.45, 2.75) is 24.9 Å². The fourth-order valence-corrected chi connectivity index (χ4v) is 0.526. The van der Waals surface area contributed by atoms with Gasteiger partial charge in [0.1, 0.15) is 0 Å². The maximum Gasteiger partial charge on any atom is 0.0586 e. The zero-order valence-corrected chi connectivity index (χ0v) is 10.5. The Morgan fingerprint density at radius 2 is 0.947 bits per heavy atom. The number of carboxylic acid groups (broad SMARTS) is 4. The van der Waals surface area contributed by atoms with E-state index in [-0.39, 0.29) is 17.1 Å². The van der Waals surface area contributed by atoms with Crippen LogP contribution >= 0.6 is 0 Å². The minimum atomic E-state index is -1.58. The smallest absolute Gasteiger partial charge is 0.0586 e. The van der Waals surface area contributed by atoms with Gasteiger partial charge in [-0.05, 0) is 0 Å². The maximum atomic E-state index is 9.71. The zero-order valence-electron chi connectivity index (χ0n) is 9.37. The molecule has 0 heterocycles. The average Bonchev–Trinajstić information content (AvgIpc) is 2.16. The van der Waals surface area contributed by atoms with E-state index >= 15 is 0 Å². The molecule has 111 valence electrons. The standard InChI is InChI=1S/2C4H7NO4.Mn/c2*5-2(4(8)9)1-3(6)7;/h2*2H,1,5H2,(H,6,7)(H,8,9);/p-4/t2*2-;/m00./s1. The second-order valence-corrected chi connectivity index (χ2v) is 3.00. The number of hydrogen-bond acceptors (Lipinski definition) is 10. The molecule has 0 bridgehead atoms. The SMILES string of the molecule is N[C@@H](CC(=O)[O-])C(=O)[O-].N[C@@H](CC(=O)[O-])C(=O)[O-].[Mn]. The molecule has 0 saturated carbocycles. The molecule has 0 rings (SSSR count). The average molecular weight is 317 g/mol. The predicted octanol–water partition coefficient (Wildman–Crippen LogP) is -7.60. The van der Waals surface area contributed by atoms with E-state index in [0.717, 1.165) is 0 Å². The predicted molar refractivity (Wildman–Crippen MR) is 45.2 cm³/mol. The van der Waals surface area contributed by atoms with Gasteiger partial charge in [0.25, 0.3) is 0 Å². The Bertz CT molecular complexity index is 303. The molecule has 0 aromatic rings. The Morgan fingerprint density at radius 3 is 1.00 bits per heavy atom. The minimum Gasteiger partial charge on any atom is -0.550 e. The van der Waals surface area contributed by atoms with Gasteiger partial charge in [-0.1, -0.05) is 0 Å². The molecular formula is C8H10MnN2O8-4. The Morgan fingerprint density at radius 1 is 0.737 bits per heavy atom. The van der Waals surface area contributed by atoms with Crippen molar-refractivity contribution in [3.63, 3.8) is 0 Å². The molecule has 0 saturated heterocycles. The quantitative estimate of drug-likeness (QED) is 0.441. The molecule has 0 aromatic heterocycles. The Hall–Kier alpha value is -1.68. The molecule has 0 spiro atoms. The summed E-state index contributed by atoms with van der Waals surface area (Å²) in [5.41, 5.74) is 9.47. The third-order valence-corrected chi connectivity index (χ3v) is 1.38. The van der Waals surface area contributed by atoms with Crippen LogP contribution < -0.4 is 31.9 Å². The molecule has 0 fully saturated rings. The van der Waals surface area contributed by atoms with Crippen LogP contribution in [0.1, 0.15) is 12.8 Å². The summed E-state index contributed by atoms with van der Waals surface area (Å²) in [6.45, 7) is 0. The van der Waals surface area contributed by atoms with Crippen LogP contribution in [0, 0.1) is 0 Å². The van der Waals surface area contributed by atoms with E-state index < -0.39 is 48.8 Å². The molecule has 0 amide bonds. The van der Waals surface area contributed by atoms with Crippen LogP contribution in [-0.2, 0) is 36.2 Å². The summed E-state index contributed by atoms with van der Waals surface area (Å²) in [6, 6.07) is -2.93. The molecular weight excluding hydrogens is 307 g/mol. The van der Waals surface area contributed by atoms with Gasteiger partial charge >= 0.3 is 0 Å². The van der Waals surface area contributed by atoms with Gasteiger partial charge in [0.2, 0.25) is 0 Å². The van der Waals surface area contributed by atoms with Gasteiger partial charge in [0, 0.05) is 53.9 Å². The summed E-state index contributed by atoms with van der Waals surface area (Å²) in [5.74, 6) is -6.16. The van der Waals surface area contributed by atoms with Crippen molar-refractivity contribution in [2.75, 3.05) is 0 Å². The van der Waals surface area contributed by atoms with Gasteiger partial charge < -0.3 is 51.1 Å². The van der Waals surface area contributed by atoms with Crippen molar-refractivity contribution in [3.05, 3.63) is 0 Å². The van der Waals surface area contributed by atoms with Crippen LogP contribution in [0.5, 0.6) is 0 Å². The normalized spacial score (nSPS) is 11.9. The monoisotopic (exact) mass is 317 g/mol. The number of carbonyl (C=O) groups is 4. The first-order valence-corrected chi connectivity index (χ1v) is 4.40. The number of carbonyl (C=O) groups excluding carboxylic acids is 4. The summed E-state index contributed by atoms with van der Waals surface area (Å²) >= 11 is 0. The minimum absolute atomic E-state index is 0. The first kappa shape index (κ1) is 22.5. The van der Waals surface area contributed by atoms with Crippen molar-refractivity contribution in [1.29, 1.82) is 0 Å². The molecule has 0 unspecified atom stereocenters. The van der Waals surface area contributed by atoms with Crippen molar-refractivity contribution in [2.24, 2.45) is 11.5 Å². The van der Waals surface area contributed by atoms with E-state index in [1.54, 1.807) is 0 Å². The first-order valence-electron chi connectivity index (χ1n) is 4.40. The van der Waals surface area contributed by atoms with Gasteiger partial charge in [-0.25, -0.2) is 0 Å². The topological polar surface area (TPSA) is 213 Å². The van der Waals surface area contributed by atoms with Crippen LogP contribution in [0.3, 0.4) is 0 Å². The van der Waals surface area contributed by atoms with Crippen molar-refractivity contribution >= 4 is 23.9 Å². The number of nitrogens with two attached hydrogens (primary N) is 2. The molecule has 0 aliphatic carbocycles. The second kappa shape index (κ2) is 11.4. The molecule has 0 aliphatic heterocycles. The van der Waals surface area contributed by atoms with Gasteiger partial charge in [-0.15, -0.1) is 0 Å². The number of aliphatic carboxylic acids is 4. The van der Waals surface area contributed by atoms with Gasteiger partial charge in [-0.3, -0.25) is 0 Å². The molecule has 0 aromatic carbocycles. The summed E-state index contributed by atoms with van der Waals surface area (Å²) in [7, 11) is 0. The summed E-state index contributed by atoms with van der Waals surface area (Å²) in [5, 5.41) is 38.7. The summed E-state index contributed by atoms with van der Waals surface area (Å²) in [4.78, 5) is 38.7. The van der Waals surface area contributed by atoms with E-state index in [0.29, 0.717) is 0 Å². The molecule has 1 radical (unpaired) electrons. The summed E-state index contributed by atoms with van der Waals surface area (Å²) in [6.07, 6.45) is -1.41. The molecule has 10 nitrogen and oxygen atoms in total. The third-order valence-electron chi connectivity index (χ3n) is 1.38. The van der Waals surface area contributed by atoms with Crippen LogP contribution in [-0.4, -0.2) is 36.0 Å². The van der Waals surface area contributed by atoms with E-state index in [1.807, 2.05) is 0 Å². The van der Waals surface area contributed by atoms with Crippen molar-refractivity contribution in [3.8, 4) is 0 Å². The zero-order chi connectivity index (χ0) is 14.9. The van der Waals surface area contributed by atoms with Gasteiger partial charge in [-0.2, -0.15) is 0 Å². The summed E-state index contributed by atoms with van der Waals surface area (Å²) < 4.78 is 0. The molecule has 0 aliphatic rings. The van der Waals surface area contributed by atoms with Crippen molar-refractivity contribution < 1.29 is 56.7 Å². The van der Waals surface area contributed by atoms with E-state index in [2.05, 4.69) is 0 Å². The van der Waals surface area contributed by atoms with Crippen LogP contribution in [0.15, 0.2) is 0 Å². The number of hydrogen-bond donors (Lipinski definition) is 2. The number of rotatable bonds is 6. The molecule has 2 atom stereocenters. The fourth-order valence-electron chi connectivity index (χ4n) is 0.526. The van der Waals surface area contributed by atoms with Gasteiger partial charge in [0.05, 0.1) is 11.9 Å². The largest absolute Gasteiger partial charge is 0.550 e. The van der Waals surface area contributed by atoms with Crippen LogP contribution in [0.2, 0.25) is 0 Å². The maximum absolute atomic E-state index is 9.71. The Kier molecular flexibility index (Phi) is 13.5. The first-order chi connectivity index (χ1) is 8.07. The van der Waals surface area contributed by atoms with E-state index in [4.69, 9.17) is 11.5 Å². The van der Waals surface area contributed by atoms with Crippen LogP contribution in [0.4, 0.5) is 0 Å².